The summed E-state index contributed by atoms with van der Waals surface area (Å²) in [6.45, 7) is 6.19. The Morgan fingerprint density at radius 2 is 1.76 bits per heavy atom. The van der Waals surface area contributed by atoms with Crippen LogP contribution in [0.4, 0.5) is 15.9 Å². The minimum atomic E-state index is -0.476. The number of pyridine rings is 1. The molecular formula is C29H33Cl2FN6O3. The van der Waals surface area contributed by atoms with Gasteiger partial charge in [-0.2, -0.15) is 0 Å². The van der Waals surface area contributed by atoms with E-state index in [4.69, 9.17) is 23.2 Å². The number of non-ortho nitro benzene ring substituents is 1. The Bertz CT molecular complexity index is 1400. The third kappa shape index (κ3) is 7.32. The van der Waals surface area contributed by atoms with Gasteiger partial charge in [0, 0.05) is 75.7 Å². The molecule has 2 aromatic carbocycles. The van der Waals surface area contributed by atoms with Gasteiger partial charge in [-0.05, 0) is 49.7 Å². The van der Waals surface area contributed by atoms with Crippen LogP contribution in [0.5, 0.6) is 0 Å². The molecule has 41 heavy (non-hydrogen) atoms. The van der Waals surface area contributed by atoms with Crippen LogP contribution >= 0.6 is 23.2 Å². The van der Waals surface area contributed by atoms with Gasteiger partial charge in [0.05, 0.1) is 15.5 Å². The summed E-state index contributed by atoms with van der Waals surface area (Å²) in [5.41, 5.74) is 1.86. The molecule has 2 aliphatic heterocycles. The van der Waals surface area contributed by atoms with Gasteiger partial charge < -0.3 is 10.2 Å². The van der Waals surface area contributed by atoms with Gasteiger partial charge in [0.15, 0.2) is 0 Å². The Hall–Kier alpha value is -3.31. The van der Waals surface area contributed by atoms with Crippen LogP contribution in [0.15, 0.2) is 54.7 Å². The highest BCUT2D eigenvalue weighted by Crippen LogP contribution is 2.27. The molecule has 0 bridgehead atoms. The van der Waals surface area contributed by atoms with Gasteiger partial charge in [-0.15, -0.1) is 0 Å². The number of nitrogens with zero attached hydrogens (tertiary/aromatic N) is 5. The summed E-state index contributed by atoms with van der Waals surface area (Å²) in [6.07, 6.45) is 3.66. The summed E-state index contributed by atoms with van der Waals surface area (Å²) >= 11 is 12.3. The molecule has 2 saturated heterocycles. The van der Waals surface area contributed by atoms with Crippen molar-refractivity contribution in [2.45, 2.75) is 32.0 Å². The van der Waals surface area contributed by atoms with Crippen molar-refractivity contribution in [2.24, 2.45) is 0 Å². The number of benzene rings is 2. The summed E-state index contributed by atoms with van der Waals surface area (Å²) in [7, 11) is 0. The molecule has 3 aromatic rings. The number of piperidine rings is 1. The maximum absolute atomic E-state index is 14.0. The lowest BCUT2D eigenvalue weighted by Gasteiger charge is -2.43. The van der Waals surface area contributed by atoms with E-state index < -0.39 is 5.82 Å². The molecule has 2 aliphatic rings. The summed E-state index contributed by atoms with van der Waals surface area (Å²) in [5, 5.41) is 14.3. The van der Waals surface area contributed by atoms with E-state index in [0.717, 1.165) is 64.2 Å². The first-order chi connectivity index (χ1) is 19.8. The lowest BCUT2D eigenvalue weighted by atomic mass is 10.0. The van der Waals surface area contributed by atoms with Crippen LogP contribution in [-0.4, -0.2) is 70.9 Å². The zero-order valence-corrected chi connectivity index (χ0v) is 24.0. The van der Waals surface area contributed by atoms with E-state index >= 15 is 0 Å². The Labute approximate surface area is 249 Å². The lowest BCUT2D eigenvalue weighted by molar-refractivity contribution is -0.384. The smallest absolute Gasteiger partial charge is 0.269 e. The highest BCUT2D eigenvalue weighted by atomic mass is 35.5. The minimum Gasteiger partial charge on any atom is -0.353 e. The van der Waals surface area contributed by atoms with Crippen molar-refractivity contribution >= 4 is 40.6 Å². The Morgan fingerprint density at radius 3 is 2.39 bits per heavy atom. The number of carbonyl (C=O) groups excluding carboxylic acids is 1. The van der Waals surface area contributed by atoms with Gasteiger partial charge in [-0.3, -0.25) is 24.7 Å². The van der Waals surface area contributed by atoms with Gasteiger partial charge in [0.25, 0.3) is 11.6 Å². The standard InChI is InChI=1S/C29H31Cl2FN6O3.H2/c30-23-4-3-21(27(32)16-23)17-34-29(39)22-15-26(31)28(33-18-22)37-13-11-36(12-14-37)24-7-9-35(10-8-24)19-20-1-5-25(6-2-20)38(40)41;/h1-6,15-16,18,24H,7-14,17,19H2,(H,34,39);1H. The van der Waals surface area contributed by atoms with Crippen LogP contribution in [0.2, 0.25) is 10.0 Å². The van der Waals surface area contributed by atoms with Crippen molar-refractivity contribution in [3.8, 4) is 0 Å². The van der Waals surface area contributed by atoms with Gasteiger partial charge in [-0.25, -0.2) is 9.37 Å². The molecule has 9 nitrogen and oxygen atoms in total. The van der Waals surface area contributed by atoms with Crippen LogP contribution in [0.25, 0.3) is 0 Å². The predicted molar refractivity (Wildman–Crippen MR) is 159 cm³/mol. The van der Waals surface area contributed by atoms with Gasteiger partial charge >= 0.3 is 0 Å². The number of anilines is 1. The summed E-state index contributed by atoms with van der Waals surface area (Å²) in [6, 6.07) is 13.3. The number of nitro groups is 1. The van der Waals surface area contributed by atoms with Crippen LogP contribution in [0.1, 0.15) is 35.8 Å². The Morgan fingerprint density at radius 1 is 1.05 bits per heavy atom. The number of amides is 1. The lowest BCUT2D eigenvalue weighted by Crippen LogP contribution is -2.53. The fraction of sp³-hybridized carbons (Fsp3) is 0.379. The number of piperazine rings is 1. The number of nitro benzene ring substituents is 1. The zero-order valence-electron chi connectivity index (χ0n) is 22.4. The number of aromatic nitrogens is 1. The van der Waals surface area contributed by atoms with E-state index in [2.05, 4.69) is 25.0 Å². The van der Waals surface area contributed by atoms with Crippen LogP contribution in [-0.2, 0) is 13.1 Å². The van der Waals surface area contributed by atoms with Gasteiger partial charge in [0.1, 0.15) is 11.6 Å². The first-order valence-electron chi connectivity index (χ1n) is 13.6. The maximum atomic E-state index is 14.0. The molecule has 1 aromatic heterocycles. The predicted octanol–water partition coefficient (Wildman–Crippen LogP) is 5.40. The first kappa shape index (κ1) is 29.2. The molecular weight excluding hydrogens is 570 g/mol. The SMILES string of the molecule is O=C(NCc1ccc(Cl)cc1F)c1cnc(N2CCN(C3CCN(Cc4ccc([N+](=O)[O-])cc4)CC3)CC2)c(Cl)c1.[HH]. The molecule has 0 atom stereocenters. The molecule has 1 amide bonds. The molecule has 0 unspecified atom stereocenters. The zero-order chi connectivity index (χ0) is 28.9. The molecule has 0 radical (unpaired) electrons. The second-order valence-electron chi connectivity index (χ2n) is 10.4. The molecule has 1 N–H and O–H groups in total. The highest BCUT2D eigenvalue weighted by Gasteiger charge is 2.28. The monoisotopic (exact) mass is 602 g/mol. The van der Waals surface area contributed by atoms with Gasteiger partial charge in [-0.1, -0.05) is 41.4 Å². The van der Waals surface area contributed by atoms with Crippen molar-refractivity contribution in [2.75, 3.05) is 44.2 Å². The molecule has 0 aliphatic carbocycles. The summed E-state index contributed by atoms with van der Waals surface area (Å²) in [4.78, 5) is 34.7. The third-order valence-electron chi connectivity index (χ3n) is 7.78. The van der Waals surface area contributed by atoms with E-state index in [-0.39, 0.29) is 24.5 Å². The summed E-state index contributed by atoms with van der Waals surface area (Å²) in [5.74, 6) is -0.203. The number of likely N-dealkylation sites (tertiary alicyclic amines) is 1. The topological polar surface area (TPSA) is 94.9 Å². The van der Waals surface area contributed by atoms with Crippen molar-refractivity contribution in [1.29, 1.82) is 0 Å². The molecule has 0 saturated carbocycles. The van der Waals surface area contributed by atoms with Crippen molar-refractivity contribution in [1.82, 2.24) is 20.1 Å². The largest absolute Gasteiger partial charge is 0.353 e. The maximum Gasteiger partial charge on any atom is 0.269 e. The first-order valence-corrected chi connectivity index (χ1v) is 14.3. The molecule has 0 spiro atoms. The van der Waals surface area contributed by atoms with Crippen LogP contribution < -0.4 is 10.2 Å². The van der Waals surface area contributed by atoms with Crippen LogP contribution in [0, 0.1) is 15.9 Å². The normalized spacial score (nSPS) is 17.0. The van der Waals surface area contributed by atoms with Crippen LogP contribution in [0.3, 0.4) is 0 Å². The van der Waals surface area contributed by atoms with E-state index in [1.165, 1.54) is 18.3 Å². The highest BCUT2D eigenvalue weighted by molar-refractivity contribution is 6.33. The van der Waals surface area contributed by atoms with E-state index in [1.807, 2.05) is 12.1 Å². The molecule has 3 heterocycles. The molecule has 218 valence electrons. The van der Waals surface area contributed by atoms with Gasteiger partial charge in [0.2, 0.25) is 0 Å². The second-order valence-corrected chi connectivity index (χ2v) is 11.2. The molecule has 5 rings (SSSR count). The van der Waals surface area contributed by atoms with E-state index in [9.17, 15) is 19.3 Å². The fourth-order valence-electron chi connectivity index (χ4n) is 5.45. The van der Waals surface area contributed by atoms with Crippen molar-refractivity contribution in [3.05, 3.63) is 97.4 Å². The minimum absolute atomic E-state index is 0. The number of hydrogen-bond acceptors (Lipinski definition) is 7. The van der Waals surface area contributed by atoms with Crippen molar-refractivity contribution in [3.63, 3.8) is 0 Å². The third-order valence-corrected chi connectivity index (χ3v) is 8.29. The number of halogens is 3. The number of rotatable bonds is 8. The second kappa shape index (κ2) is 13.1. The molecule has 2 fully saturated rings. The fourth-order valence-corrected chi connectivity index (χ4v) is 5.90. The average molecular weight is 604 g/mol. The Kier molecular flexibility index (Phi) is 9.34. The van der Waals surface area contributed by atoms with E-state index in [0.29, 0.717) is 33.0 Å². The average Bonchev–Trinajstić information content (AvgIpc) is 2.97. The summed E-state index contributed by atoms with van der Waals surface area (Å²) < 4.78 is 14.0. The van der Waals surface area contributed by atoms with Crippen molar-refractivity contribution < 1.29 is 15.5 Å². The number of nitrogens with one attached hydrogen (secondary N) is 1. The number of carbonyl (C=O) groups is 1. The Balaban J connectivity index is 0.00000405. The van der Waals surface area contributed by atoms with E-state index in [1.54, 1.807) is 24.3 Å². The molecule has 12 heteroatoms. The number of hydrogen-bond donors (Lipinski definition) is 1. The quantitative estimate of drug-likeness (QED) is 0.272.